The van der Waals surface area contributed by atoms with E-state index in [1.165, 1.54) is 0 Å². The van der Waals surface area contributed by atoms with E-state index in [2.05, 4.69) is 45.3 Å². The summed E-state index contributed by atoms with van der Waals surface area (Å²) in [6.45, 7) is 3.73. The average molecular weight is 285 g/mol. The summed E-state index contributed by atoms with van der Waals surface area (Å²) in [4.78, 5) is 2.30. The predicted octanol–water partition coefficient (Wildman–Crippen LogP) is 2.19. The molecule has 1 aromatic rings. The highest BCUT2D eigenvalue weighted by Gasteiger charge is 2.16. The van der Waals surface area contributed by atoms with Gasteiger partial charge in [-0.15, -0.1) is 0 Å². The molecule has 1 saturated heterocycles. The zero-order chi connectivity index (χ0) is 11.4. The van der Waals surface area contributed by atoms with E-state index < -0.39 is 0 Å². The molecule has 1 aliphatic rings. The van der Waals surface area contributed by atoms with E-state index in [4.69, 9.17) is 4.74 Å². The molecule has 3 nitrogen and oxygen atoms in total. The van der Waals surface area contributed by atoms with E-state index in [-0.39, 0.29) is 6.10 Å². The molecular formula is C12H17BrN2O. The van der Waals surface area contributed by atoms with Gasteiger partial charge in [-0.05, 0) is 25.2 Å². The van der Waals surface area contributed by atoms with Crippen molar-refractivity contribution >= 4 is 21.6 Å². The summed E-state index contributed by atoms with van der Waals surface area (Å²) in [6, 6.07) is 8.19. The Kier molecular flexibility index (Phi) is 4.21. The summed E-state index contributed by atoms with van der Waals surface area (Å²) in [5, 5.41) is 3.39. The lowest BCUT2D eigenvalue weighted by atomic mass is 10.2. The van der Waals surface area contributed by atoms with Crippen molar-refractivity contribution in [2.75, 3.05) is 38.6 Å². The van der Waals surface area contributed by atoms with Crippen LogP contribution in [0.5, 0.6) is 0 Å². The molecule has 1 fully saturated rings. The highest BCUT2D eigenvalue weighted by molar-refractivity contribution is 9.10. The van der Waals surface area contributed by atoms with Crippen molar-refractivity contribution in [2.45, 2.75) is 6.10 Å². The monoisotopic (exact) mass is 284 g/mol. The largest absolute Gasteiger partial charge is 0.382 e. The van der Waals surface area contributed by atoms with Crippen molar-refractivity contribution in [3.63, 3.8) is 0 Å². The quantitative estimate of drug-likeness (QED) is 0.921. The first-order chi connectivity index (χ1) is 7.74. The minimum Gasteiger partial charge on any atom is -0.382 e. The Morgan fingerprint density at radius 1 is 1.56 bits per heavy atom. The summed E-state index contributed by atoms with van der Waals surface area (Å²) < 4.78 is 6.78. The molecule has 1 aromatic carbocycles. The molecule has 1 atom stereocenters. The van der Waals surface area contributed by atoms with Crippen LogP contribution in [0.2, 0.25) is 0 Å². The second kappa shape index (κ2) is 5.66. The number of hydrogen-bond donors (Lipinski definition) is 1. The number of anilines is 1. The first-order valence-electron chi connectivity index (χ1n) is 5.53. The van der Waals surface area contributed by atoms with E-state index in [0.29, 0.717) is 0 Å². The lowest BCUT2D eigenvalue weighted by Gasteiger charge is -2.30. The summed E-state index contributed by atoms with van der Waals surface area (Å²) in [6.07, 6.45) is 0.290. The number of nitrogens with zero attached hydrogens (tertiary/aromatic N) is 1. The molecule has 88 valence electrons. The van der Waals surface area contributed by atoms with Gasteiger partial charge in [0.1, 0.15) is 0 Å². The smallest absolute Gasteiger partial charge is 0.0874 e. The van der Waals surface area contributed by atoms with Crippen LogP contribution in [0, 0.1) is 0 Å². The second-order valence-corrected chi connectivity index (χ2v) is 5.06. The highest BCUT2D eigenvalue weighted by atomic mass is 79.9. The Hall–Kier alpha value is -0.580. The molecule has 4 heteroatoms. The first-order valence-corrected chi connectivity index (χ1v) is 6.33. The van der Waals surface area contributed by atoms with E-state index in [1.54, 1.807) is 0 Å². The second-order valence-electron chi connectivity index (χ2n) is 4.15. The number of hydrogen-bond acceptors (Lipinski definition) is 3. The van der Waals surface area contributed by atoms with Crippen LogP contribution in [-0.4, -0.2) is 44.3 Å². The van der Waals surface area contributed by atoms with E-state index in [9.17, 15) is 0 Å². The zero-order valence-corrected chi connectivity index (χ0v) is 11.0. The average Bonchev–Trinajstić information content (AvgIpc) is 2.27. The van der Waals surface area contributed by atoms with Gasteiger partial charge >= 0.3 is 0 Å². The molecule has 16 heavy (non-hydrogen) atoms. The Morgan fingerprint density at radius 2 is 2.44 bits per heavy atom. The van der Waals surface area contributed by atoms with Crippen molar-refractivity contribution in [3.05, 3.63) is 28.7 Å². The van der Waals surface area contributed by atoms with Gasteiger partial charge in [-0.25, -0.2) is 0 Å². The number of halogens is 1. The molecule has 1 unspecified atom stereocenters. The van der Waals surface area contributed by atoms with E-state index >= 15 is 0 Å². The van der Waals surface area contributed by atoms with Crippen molar-refractivity contribution < 1.29 is 4.74 Å². The van der Waals surface area contributed by atoms with Crippen molar-refractivity contribution in [1.29, 1.82) is 0 Å². The number of ether oxygens (including phenoxy) is 1. The summed E-state index contributed by atoms with van der Waals surface area (Å²) in [7, 11) is 2.13. The molecule has 0 bridgehead atoms. The number of nitrogens with one attached hydrogen (secondary N) is 1. The zero-order valence-electron chi connectivity index (χ0n) is 9.45. The third-order valence-corrected chi connectivity index (χ3v) is 3.19. The third-order valence-electron chi connectivity index (χ3n) is 2.70. The molecule has 1 aliphatic heterocycles. The maximum Gasteiger partial charge on any atom is 0.0874 e. The number of morpholine rings is 1. The van der Waals surface area contributed by atoms with Crippen LogP contribution < -0.4 is 5.32 Å². The maximum absolute atomic E-state index is 5.68. The van der Waals surface area contributed by atoms with Gasteiger partial charge in [-0.2, -0.15) is 0 Å². The van der Waals surface area contributed by atoms with Crippen LogP contribution in [0.15, 0.2) is 28.7 Å². The minimum absolute atomic E-state index is 0.290. The van der Waals surface area contributed by atoms with Gasteiger partial charge in [0.05, 0.1) is 12.7 Å². The molecule has 1 N–H and O–H groups in total. The SMILES string of the molecule is CN1CCOC(CNc2cccc(Br)c2)C1. The maximum atomic E-state index is 5.68. The fourth-order valence-corrected chi connectivity index (χ4v) is 2.22. The van der Waals surface area contributed by atoms with Crippen LogP contribution in [0.4, 0.5) is 5.69 Å². The van der Waals surface area contributed by atoms with Gasteiger partial charge in [0.2, 0.25) is 0 Å². The Balaban J connectivity index is 1.82. The number of benzene rings is 1. The summed E-state index contributed by atoms with van der Waals surface area (Å²) >= 11 is 3.46. The fourth-order valence-electron chi connectivity index (χ4n) is 1.82. The Bertz CT molecular complexity index is 346. The van der Waals surface area contributed by atoms with Crippen LogP contribution in [0.25, 0.3) is 0 Å². The number of rotatable bonds is 3. The highest BCUT2D eigenvalue weighted by Crippen LogP contribution is 2.16. The van der Waals surface area contributed by atoms with Gasteiger partial charge in [0, 0.05) is 29.8 Å². The van der Waals surface area contributed by atoms with Crippen LogP contribution >= 0.6 is 15.9 Å². The van der Waals surface area contributed by atoms with Crippen molar-refractivity contribution in [3.8, 4) is 0 Å². The Labute approximate surface area is 105 Å². The standard InChI is InChI=1S/C12H17BrN2O/c1-15-5-6-16-12(9-15)8-14-11-4-2-3-10(13)7-11/h2-4,7,12,14H,5-6,8-9H2,1H3. The van der Waals surface area contributed by atoms with Gasteiger partial charge in [0.25, 0.3) is 0 Å². The third kappa shape index (κ3) is 3.47. The van der Waals surface area contributed by atoms with Crippen LogP contribution in [0.3, 0.4) is 0 Å². The van der Waals surface area contributed by atoms with Gasteiger partial charge < -0.3 is 15.0 Å². The Morgan fingerprint density at radius 3 is 3.19 bits per heavy atom. The molecule has 0 aromatic heterocycles. The molecule has 0 radical (unpaired) electrons. The molecule has 0 aliphatic carbocycles. The van der Waals surface area contributed by atoms with E-state index in [1.807, 2.05) is 12.1 Å². The summed E-state index contributed by atoms with van der Waals surface area (Å²) in [5.41, 5.74) is 1.13. The van der Waals surface area contributed by atoms with Crippen LogP contribution in [0.1, 0.15) is 0 Å². The molecule has 0 amide bonds. The van der Waals surface area contributed by atoms with Gasteiger partial charge in [0.15, 0.2) is 0 Å². The number of likely N-dealkylation sites (N-methyl/N-ethyl adjacent to an activating group) is 1. The molecule has 0 saturated carbocycles. The van der Waals surface area contributed by atoms with Crippen molar-refractivity contribution in [1.82, 2.24) is 4.90 Å². The first kappa shape index (κ1) is 11.9. The molecule has 0 spiro atoms. The van der Waals surface area contributed by atoms with Gasteiger partial charge in [-0.3, -0.25) is 0 Å². The summed E-state index contributed by atoms with van der Waals surface area (Å²) in [5.74, 6) is 0. The minimum atomic E-state index is 0.290. The predicted molar refractivity (Wildman–Crippen MR) is 69.9 cm³/mol. The van der Waals surface area contributed by atoms with Gasteiger partial charge in [-0.1, -0.05) is 22.0 Å². The van der Waals surface area contributed by atoms with Crippen molar-refractivity contribution in [2.24, 2.45) is 0 Å². The van der Waals surface area contributed by atoms with Crippen LogP contribution in [-0.2, 0) is 4.74 Å². The molecule has 2 rings (SSSR count). The van der Waals surface area contributed by atoms with E-state index in [0.717, 1.165) is 36.4 Å². The molecule has 1 heterocycles. The lowest BCUT2D eigenvalue weighted by Crippen LogP contribution is -2.43. The fraction of sp³-hybridized carbons (Fsp3) is 0.500. The lowest BCUT2D eigenvalue weighted by molar-refractivity contribution is -0.0117. The topological polar surface area (TPSA) is 24.5 Å². The molecular weight excluding hydrogens is 268 g/mol. The normalized spacial score (nSPS) is 22.0.